The smallest absolute Gasteiger partial charge is 0.207 e. The normalized spacial score (nSPS) is 24.8. The van der Waals surface area contributed by atoms with Gasteiger partial charge in [-0.25, -0.2) is 8.42 Å². The van der Waals surface area contributed by atoms with Crippen LogP contribution in [0.5, 0.6) is 0 Å². The summed E-state index contributed by atoms with van der Waals surface area (Å²) in [6.45, 7) is 7.27. The molecule has 0 aromatic heterocycles. The maximum absolute atomic E-state index is 12.9. The van der Waals surface area contributed by atoms with Crippen molar-refractivity contribution in [3.05, 3.63) is 29.3 Å². The SMILES string of the molecule is Cc1ccc(CCl)cc1S(=O)(=O)N1CC(C)CC(C)C1. The molecule has 1 aliphatic heterocycles. The van der Waals surface area contributed by atoms with E-state index in [9.17, 15) is 8.42 Å². The van der Waals surface area contributed by atoms with Crippen LogP contribution in [0.4, 0.5) is 0 Å². The van der Waals surface area contributed by atoms with Gasteiger partial charge in [-0.15, -0.1) is 11.6 Å². The molecule has 20 heavy (non-hydrogen) atoms. The molecule has 0 aliphatic carbocycles. The molecule has 1 aromatic rings. The zero-order chi connectivity index (χ0) is 14.9. The average Bonchev–Trinajstić information content (AvgIpc) is 2.38. The van der Waals surface area contributed by atoms with Gasteiger partial charge in [-0.2, -0.15) is 4.31 Å². The van der Waals surface area contributed by atoms with Gasteiger partial charge in [0.15, 0.2) is 0 Å². The van der Waals surface area contributed by atoms with Gasteiger partial charge in [0.2, 0.25) is 10.0 Å². The quantitative estimate of drug-likeness (QED) is 0.802. The largest absolute Gasteiger partial charge is 0.243 e. The third kappa shape index (κ3) is 3.18. The molecular weight excluding hydrogens is 294 g/mol. The first-order valence-corrected chi connectivity index (χ1v) is 8.97. The van der Waals surface area contributed by atoms with E-state index in [-0.39, 0.29) is 0 Å². The number of alkyl halides is 1. The topological polar surface area (TPSA) is 37.4 Å². The molecular formula is C15H22ClNO2S. The van der Waals surface area contributed by atoms with Crippen LogP contribution in [0.15, 0.2) is 23.1 Å². The first-order chi connectivity index (χ1) is 9.34. The molecule has 0 spiro atoms. The van der Waals surface area contributed by atoms with Crippen molar-refractivity contribution in [1.29, 1.82) is 0 Å². The van der Waals surface area contributed by atoms with E-state index in [2.05, 4.69) is 13.8 Å². The molecule has 2 unspecified atom stereocenters. The summed E-state index contributed by atoms with van der Waals surface area (Å²) in [5.74, 6) is 1.14. The van der Waals surface area contributed by atoms with Crippen LogP contribution in [0.1, 0.15) is 31.4 Å². The molecule has 2 rings (SSSR count). The molecule has 0 radical (unpaired) electrons. The van der Waals surface area contributed by atoms with Crippen LogP contribution >= 0.6 is 11.6 Å². The third-order valence-corrected chi connectivity index (χ3v) is 6.14. The Labute approximate surface area is 127 Å². The number of hydrogen-bond donors (Lipinski definition) is 0. The minimum atomic E-state index is -3.42. The molecule has 1 aliphatic rings. The monoisotopic (exact) mass is 315 g/mol. The Morgan fingerprint density at radius 1 is 1.25 bits per heavy atom. The lowest BCUT2D eigenvalue weighted by Gasteiger charge is -2.34. The molecule has 112 valence electrons. The molecule has 1 fully saturated rings. The number of hydrogen-bond acceptors (Lipinski definition) is 2. The van der Waals surface area contributed by atoms with Crippen molar-refractivity contribution in [1.82, 2.24) is 4.31 Å². The highest BCUT2D eigenvalue weighted by Gasteiger charge is 2.32. The van der Waals surface area contributed by atoms with Gasteiger partial charge in [-0.05, 0) is 42.4 Å². The lowest BCUT2D eigenvalue weighted by atomic mass is 9.94. The second-order valence-corrected chi connectivity index (χ2v) is 8.18. The fourth-order valence-electron chi connectivity index (χ4n) is 2.95. The van der Waals surface area contributed by atoms with E-state index >= 15 is 0 Å². The van der Waals surface area contributed by atoms with Crippen molar-refractivity contribution in [3.8, 4) is 0 Å². The first kappa shape index (κ1) is 15.8. The zero-order valence-electron chi connectivity index (χ0n) is 12.3. The van der Waals surface area contributed by atoms with Gasteiger partial charge >= 0.3 is 0 Å². The first-order valence-electron chi connectivity index (χ1n) is 7.00. The molecule has 3 nitrogen and oxygen atoms in total. The third-order valence-electron chi connectivity index (χ3n) is 3.86. The number of halogens is 1. The predicted octanol–water partition coefficient (Wildman–Crippen LogP) is 3.40. The predicted molar refractivity (Wildman–Crippen MR) is 82.4 cm³/mol. The van der Waals surface area contributed by atoms with Gasteiger partial charge in [-0.1, -0.05) is 26.0 Å². The number of benzene rings is 1. The van der Waals surface area contributed by atoms with Crippen LogP contribution in [0.2, 0.25) is 0 Å². The van der Waals surface area contributed by atoms with Crippen LogP contribution in [0.3, 0.4) is 0 Å². The van der Waals surface area contributed by atoms with Crippen molar-refractivity contribution in [2.24, 2.45) is 11.8 Å². The second kappa shape index (κ2) is 6.04. The maximum Gasteiger partial charge on any atom is 0.243 e. The van der Waals surface area contributed by atoms with Crippen LogP contribution in [0, 0.1) is 18.8 Å². The highest BCUT2D eigenvalue weighted by atomic mass is 35.5. The molecule has 0 saturated carbocycles. The fourth-order valence-corrected chi connectivity index (χ4v) is 5.07. The van der Waals surface area contributed by atoms with E-state index in [0.29, 0.717) is 35.7 Å². The Morgan fingerprint density at radius 3 is 2.40 bits per heavy atom. The van der Waals surface area contributed by atoms with E-state index < -0.39 is 10.0 Å². The molecule has 0 bridgehead atoms. The highest BCUT2D eigenvalue weighted by molar-refractivity contribution is 7.89. The zero-order valence-corrected chi connectivity index (χ0v) is 13.8. The molecule has 5 heteroatoms. The van der Waals surface area contributed by atoms with E-state index in [1.807, 2.05) is 19.1 Å². The van der Waals surface area contributed by atoms with Crippen LogP contribution in [-0.4, -0.2) is 25.8 Å². The Balaban J connectivity index is 2.39. The average molecular weight is 316 g/mol. The molecule has 2 atom stereocenters. The minimum Gasteiger partial charge on any atom is -0.207 e. The van der Waals surface area contributed by atoms with Crippen molar-refractivity contribution in [2.75, 3.05) is 13.1 Å². The van der Waals surface area contributed by atoms with Crippen molar-refractivity contribution < 1.29 is 8.42 Å². The second-order valence-electron chi connectivity index (χ2n) is 6.00. The Kier molecular flexibility index (Phi) is 4.77. The van der Waals surface area contributed by atoms with Crippen molar-refractivity contribution in [3.63, 3.8) is 0 Å². The number of piperidine rings is 1. The summed E-state index contributed by atoms with van der Waals surface area (Å²) in [7, 11) is -3.42. The summed E-state index contributed by atoms with van der Waals surface area (Å²) >= 11 is 5.83. The lowest BCUT2D eigenvalue weighted by molar-refractivity contribution is 0.222. The number of sulfonamides is 1. The number of nitrogens with zero attached hydrogens (tertiary/aromatic N) is 1. The summed E-state index contributed by atoms with van der Waals surface area (Å²) in [6, 6.07) is 5.42. The van der Waals surface area contributed by atoms with Crippen LogP contribution in [-0.2, 0) is 15.9 Å². The van der Waals surface area contributed by atoms with Crippen molar-refractivity contribution >= 4 is 21.6 Å². The molecule has 0 amide bonds. The summed E-state index contributed by atoms with van der Waals surface area (Å²) < 4.78 is 27.3. The van der Waals surface area contributed by atoms with Crippen LogP contribution < -0.4 is 0 Å². The fraction of sp³-hybridized carbons (Fsp3) is 0.600. The summed E-state index contributed by atoms with van der Waals surface area (Å²) in [5.41, 5.74) is 1.62. The summed E-state index contributed by atoms with van der Waals surface area (Å²) in [5, 5.41) is 0. The van der Waals surface area contributed by atoms with Gasteiger partial charge in [-0.3, -0.25) is 0 Å². The summed E-state index contributed by atoms with van der Waals surface area (Å²) in [4.78, 5) is 0.400. The van der Waals surface area contributed by atoms with Crippen molar-refractivity contribution in [2.45, 2.75) is 38.0 Å². The Morgan fingerprint density at radius 2 is 1.85 bits per heavy atom. The highest BCUT2D eigenvalue weighted by Crippen LogP contribution is 2.28. The molecule has 1 aromatic carbocycles. The number of aryl methyl sites for hydroxylation is 1. The van der Waals surface area contributed by atoms with E-state index in [1.165, 1.54) is 0 Å². The van der Waals surface area contributed by atoms with Gasteiger partial charge in [0.25, 0.3) is 0 Å². The number of rotatable bonds is 3. The van der Waals surface area contributed by atoms with Gasteiger partial charge in [0, 0.05) is 19.0 Å². The maximum atomic E-state index is 12.9. The van der Waals surface area contributed by atoms with Crippen LogP contribution in [0.25, 0.3) is 0 Å². The van der Waals surface area contributed by atoms with E-state index in [0.717, 1.165) is 17.5 Å². The minimum absolute atomic E-state index is 0.329. The molecule has 1 heterocycles. The van der Waals surface area contributed by atoms with E-state index in [1.54, 1.807) is 10.4 Å². The molecule has 1 saturated heterocycles. The summed E-state index contributed by atoms with van der Waals surface area (Å²) in [6.07, 6.45) is 1.09. The van der Waals surface area contributed by atoms with Gasteiger partial charge < -0.3 is 0 Å². The standard InChI is InChI=1S/C15H22ClNO2S/c1-11-6-12(2)10-17(9-11)20(18,19)15-7-14(8-16)5-4-13(15)3/h4-5,7,11-12H,6,8-10H2,1-3H3. The van der Waals surface area contributed by atoms with Gasteiger partial charge in [0.05, 0.1) is 4.90 Å². The molecule has 0 N–H and O–H groups in total. The lowest BCUT2D eigenvalue weighted by Crippen LogP contribution is -2.42. The van der Waals surface area contributed by atoms with E-state index in [4.69, 9.17) is 11.6 Å². The van der Waals surface area contributed by atoms with Gasteiger partial charge in [0.1, 0.15) is 0 Å². The Hall–Kier alpha value is -0.580. The Bertz CT molecular complexity index is 576.